The van der Waals surface area contributed by atoms with Crippen molar-refractivity contribution >= 4 is 5.78 Å². The van der Waals surface area contributed by atoms with Gasteiger partial charge < -0.3 is 29.9 Å². The highest BCUT2D eigenvalue weighted by Crippen LogP contribution is 2.59. The Morgan fingerprint density at radius 1 is 1.10 bits per heavy atom. The number of Topliss-reactive ketones (excluding diaryl/α,β-unsaturated/α-hetero) is 1. The minimum Gasteiger partial charge on any atom is -0.462 e. The van der Waals surface area contributed by atoms with Gasteiger partial charge in [0.25, 0.3) is 0 Å². The molecule has 7 nitrogen and oxygen atoms in total. The molecule has 10 atom stereocenters. The topological polar surface area (TPSA) is 116 Å². The van der Waals surface area contributed by atoms with Gasteiger partial charge in [0.2, 0.25) is 6.29 Å². The highest BCUT2D eigenvalue weighted by Gasteiger charge is 2.57. The predicted molar refractivity (Wildman–Crippen MR) is 110 cm³/mol. The number of ketones is 1. The van der Waals surface area contributed by atoms with E-state index >= 15 is 0 Å². The third-order valence-corrected chi connectivity index (χ3v) is 8.49. The Balaban J connectivity index is 1.35. The summed E-state index contributed by atoms with van der Waals surface area (Å²) >= 11 is 0. The van der Waals surface area contributed by atoms with Crippen molar-refractivity contribution in [3.63, 3.8) is 0 Å². The minimum absolute atomic E-state index is 0.0260. The molecule has 31 heavy (non-hydrogen) atoms. The van der Waals surface area contributed by atoms with Gasteiger partial charge in [-0.15, -0.1) is 0 Å². The molecule has 1 aliphatic heterocycles. The van der Waals surface area contributed by atoms with E-state index in [1.54, 1.807) is 6.92 Å². The van der Waals surface area contributed by atoms with Crippen LogP contribution in [-0.4, -0.2) is 63.0 Å². The van der Waals surface area contributed by atoms with Gasteiger partial charge >= 0.3 is 0 Å². The molecule has 4 N–H and O–H groups in total. The van der Waals surface area contributed by atoms with Gasteiger partial charge in [0.1, 0.15) is 30.2 Å². The van der Waals surface area contributed by atoms with Crippen LogP contribution in [0.15, 0.2) is 18.2 Å². The number of hydrogen-bond donors (Lipinski definition) is 4. The molecule has 2 saturated carbocycles. The maximum Gasteiger partial charge on any atom is 0.229 e. The number of benzene rings is 1. The second kappa shape index (κ2) is 7.52. The van der Waals surface area contributed by atoms with Crippen LogP contribution in [0.3, 0.4) is 0 Å². The molecule has 0 amide bonds. The van der Waals surface area contributed by atoms with Gasteiger partial charge in [0.15, 0.2) is 5.78 Å². The molecule has 3 fully saturated rings. The first-order valence-electron chi connectivity index (χ1n) is 11.4. The highest BCUT2D eigenvalue weighted by atomic mass is 16.7. The van der Waals surface area contributed by atoms with Crippen molar-refractivity contribution in [3.05, 3.63) is 29.3 Å². The Bertz CT molecular complexity index is 871. The molecule has 1 unspecified atom stereocenters. The zero-order valence-corrected chi connectivity index (χ0v) is 18.0. The lowest BCUT2D eigenvalue weighted by atomic mass is 9.55. The molecule has 1 saturated heterocycles. The van der Waals surface area contributed by atoms with Crippen molar-refractivity contribution in [1.82, 2.24) is 0 Å². The molecule has 5 rings (SSSR count). The van der Waals surface area contributed by atoms with Crippen LogP contribution in [0.4, 0.5) is 0 Å². The molecule has 4 aliphatic rings. The van der Waals surface area contributed by atoms with Crippen LogP contribution in [0.1, 0.15) is 56.6 Å². The molecule has 0 radical (unpaired) electrons. The van der Waals surface area contributed by atoms with E-state index in [1.165, 1.54) is 11.1 Å². The maximum atomic E-state index is 12.6. The average molecular weight is 433 g/mol. The number of carbonyl (C=O) groups excluding carboxylic acids is 1. The van der Waals surface area contributed by atoms with Gasteiger partial charge in [-0.3, -0.25) is 4.79 Å². The fraction of sp³-hybridized carbons (Fsp3) is 0.708. The Morgan fingerprint density at radius 2 is 1.87 bits per heavy atom. The van der Waals surface area contributed by atoms with E-state index in [1.807, 2.05) is 19.1 Å². The summed E-state index contributed by atoms with van der Waals surface area (Å²) in [5.74, 6) is 1.60. The van der Waals surface area contributed by atoms with Crippen LogP contribution in [-0.2, 0) is 16.0 Å². The van der Waals surface area contributed by atoms with Gasteiger partial charge in [-0.2, -0.15) is 0 Å². The monoisotopic (exact) mass is 432 g/mol. The van der Waals surface area contributed by atoms with E-state index in [-0.39, 0.29) is 11.7 Å². The SMILES string of the molecule is C[C@H]1OC(Oc2ccc3c(c2)CC[C@@H]2[C@@H]3CC[C@]3(C)C(=O)[C@H](O)C[C@@H]23)[C@H](O)[C@@H](O)[C@@H]1O. The Kier molecular flexibility index (Phi) is 5.18. The summed E-state index contributed by atoms with van der Waals surface area (Å²) in [4.78, 5) is 12.6. The zero-order chi connectivity index (χ0) is 22.1. The van der Waals surface area contributed by atoms with Crippen molar-refractivity contribution in [2.75, 3.05) is 0 Å². The fourth-order valence-electron chi connectivity index (χ4n) is 6.67. The second-order valence-electron chi connectivity index (χ2n) is 10.1. The quantitative estimate of drug-likeness (QED) is 0.556. The number of fused-ring (bicyclic) bond motifs is 5. The van der Waals surface area contributed by atoms with Crippen LogP contribution < -0.4 is 4.74 Å². The Labute approximate surface area is 182 Å². The standard InChI is InChI=1S/C24H32O7/c1-11-19(26)20(27)21(28)23(30-11)31-13-4-6-14-12(9-13)3-5-16-15(14)7-8-24(2)17(16)10-18(25)22(24)29/h4,6,9,11,15-21,23,25-28H,3,5,7-8,10H2,1-2H3/t11-,15-,16-,17+,18-,19-,20+,21-,23?,24+/m1/s1. The zero-order valence-electron chi connectivity index (χ0n) is 18.0. The molecular formula is C24H32O7. The second-order valence-corrected chi connectivity index (χ2v) is 10.1. The largest absolute Gasteiger partial charge is 0.462 e. The van der Waals surface area contributed by atoms with E-state index in [9.17, 15) is 25.2 Å². The number of rotatable bonds is 2. The fourth-order valence-corrected chi connectivity index (χ4v) is 6.67. The number of aryl methyl sites for hydroxylation is 1. The third-order valence-electron chi connectivity index (χ3n) is 8.49. The van der Waals surface area contributed by atoms with Gasteiger partial charge in [-0.1, -0.05) is 13.0 Å². The van der Waals surface area contributed by atoms with E-state index < -0.39 is 42.2 Å². The smallest absolute Gasteiger partial charge is 0.229 e. The number of ether oxygens (including phenoxy) is 2. The molecule has 1 aromatic carbocycles. The first kappa shape index (κ1) is 21.3. The van der Waals surface area contributed by atoms with Crippen molar-refractivity contribution in [3.8, 4) is 5.75 Å². The normalized spacial score (nSPS) is 46.8. The van der Waals surface area contributed by atoms with Crippen molar-refractivity contribution in [1.29, 1.82) is 0 Å². The summed E-state index contributed by atoms with van der Waals surface area (Å²) in [6.45, 7) is 3.67. The molecule has 170 valence electrons. The van der Waals surface area contributed by atoms with Crippen molar-refractivity contribution < 1.29 is 34.7 Å². The van der Waals surface area contributed by atoms with Crippen LogP contribution in [0, 0.1) is 17.3 Å². The minimum atomic E-state index is -1.34. The van der Waals surface area contributed by atoms with Crippen LogP contribution in [0.25, 0.3) is 0 Å². The lowest BCUT2D eigenvalue weighted by Gasteiger charge is -2.48. The Hall–Kier alpha value is -1.51. The van der Waals surface area contributed by atoms with Gasteiger partial charge in [-0.25, -0.2) is 0 Å². The van der Waals surface area contributed by atoms with Crippen molar-refractivity contribution in [2.24, 2.45) is 17.3 Å². The highest BCUT2D eigenvalue weighted by molar-refractivity contribution is 5.91. The first-order valence-corrected chi connectivity index (χ1v) is 11.4. The summed E-state index contributed by atoms with van der Waals surface area (Å²) in [6, 6.07) is 5.91. The van der Waals surface area contributed by atoms with Crippen LogP contribution >= 0.6 is 0 Å². The molecule has 7 heteroatoms. The maximum absolute atomic E-state index is 12.6. The average Bonchev–Trinajstić information content (AvgIpc) is 2.99. The van der Waals surface area contributed by atoms with Gasteiger partial charge in [0.05, 0.1) is 6.10 Å². The van der Waals surface area contributed by atoms with Crippen molar-refractivity contribution in [2.45, 2.75) is 88.7 Å². The predicted octanol–water partition coefficient (Wildman–Crippen LogP) is 1.29. The molecule has 0 aromatic heterocycles. The van der Waals surface area contributed by atoms with E-state index in [0.29, 0.717) is 24.0 Å². The molecule has 1 heterocycles. The molecular weight excluding hydrogens is 400 g/mol. The summed E-state index contributed by atoms with van der Waals surface area (Å²) in [5.41, 5.74) is 2.09. The molecule has 1 aromatic rings. The number of carbonyl (C=O) groups is 1. The molecule has 3 aliphatic carbocycles. The first-order chi connectivity index (χ1) is 14.7. The molecule has 0 spiro atoms. The molecule has 0 bridgehead atoms. The lowest BCUT2D eigenvalue weighted by molar-refractivity contribution is -0.268. The summed E-state index contributed by atoms with van der Waals surface area (Å²) in [6.07, 6.45) is -2.16. The number of aliphatic hydroxyl groups excluding tert-OH is 4. The summed E-state index contributed by atoms with van der Waals surface area (Å²) in [7, 11) is 0. The van der Waals surface area contributed by atoms with Gasteiger partial charge in [-0.05, 0) is 80.0 Å². The van der Waals surface area contributed by atoms with E-state index in [2.05, 4.69) is 6.07 Å². The van der Waals surface area contributed by atoms with E-state index in [0.717, 1.165) is 25.7 Å². The summed E-state index contributed by atoms with van der Waals surface area (Å²) < 4.78 is 11.4. The Morgan fingerprint density at radius 3 is 2.65 bits per heavy atom. The van der Waals surface area contributed by atoms with Gasteiger partial charge in [0, 0.05) is 5.41 Å². The number of hydrogen-bond acceptors (Lipinski definition) is 7. The summed E-state index contributed by atoms with van der Waals surface area (Å²) in [5, 5.41) is 40.3. The number of aliphatic hydroxyl groups is 4. The third kappa shape index (κ3) is 3.25. The van der Waals surface area contributed by atoms with Crippen LogP contribution in [0.2, 0.25) is 0 Å². The van der Waals surface area contributed by atoms with E-state index in [4.69, 9.17) is 9.47 Å². The lowest BCUT2D eigenvalue weighted by Crippen LogP contribution is -2.58. The van der Waals surface area contributed by atoms with Crippen LogP contribution in [0.5, 0.6) is 5.75 Å².